The topological polar surface area (TPSA) is 108 Å². The largest absolute Gasteiger partial charge is 0.459 e. The van der Waals surface area contributed by atoms with E-state index in [0.29, 0.717) is 5.69 Å². The Hall–Kier alpha value is -4.20. The molecule has 204 valence electrons. The van der Waals surface area contributed by atoms with Crippen molar-refractivity contribution in [1.29, 1.82) is 0 Å². The lowest BCUT2D eigenvalue weighted by Crippen LogP contribution is -2.42. The minimum atomic E-state index is -1.57. The SMILES string of the molecule is Cc1cccc(C)c1NC1=C(C(=O)OC(C)(C)C)C(C(=O)OC(C)(C)C)C2=C(O1)C(=O)c1ccccc1C2=O. The molecule has 0 amide bonds. The molecule has 2 aliphatic rings. The summed E-state index contributed by atoms with van der Waals surface area (Å²) in [5, 5.41) is 3.13. The molecule has 4 rings (SSSR count). The molecular formula is C31H33NO7. The second-order valence-electron chi connectivity index (χ2n) is 11.7. The quantitative estimate of drug-likeness (QED) is 0.509. The molecular weight excluding hydrogens is 498 g/mol. The van der Waals surface area contributed by atoms with Crippen molar-refractivity contribution in [2.75, 3.05) is 5.32 Å². The predicted molar refractivity (Wildman–Crippen MR) is 145 cm³/mol. The fourth-order valence-corrected chi connectivity index (χ4v) is 4.53. The molecule has 1 aliphatic carbocycles. The first-order valence-electron chi connectivity index (χ1n) is 12.7. The van der Waals surface area contributed by atoms with Crippen LogP contribution in [0.25, 0.3) is 0 Å². The van der Waals surface area contributed by atoms with Crippen molar-refractivity contribution in [3.05, 3.63) is 87.5 Å². The van der Waals surface area contributed by atoms with E-state index in [4.69, 9.17) is 14.2 Å². The highest BCUT2D eigenvalue weighted by atomic mass is 16.6. The van der Waals surface area contributed by atoms with Crippen molar-refractivity contribution in [3.63, 3.8) is 0 Å². The van der Waals surface area contributed by atoms with Crippen molar-refractivity contribution in [1.82, 2.24) is 0 Å². The highest BCUT2D eigenvalue weighted by molar-refractivity contribution is 6.28. The molecule has 0 spiro atoms. The van der Waals surface area contributed by atoms with Crippen molar-refractivity contribution in [2.24, 2.45) is 5.92 Å². The standard InChI is InChI=1S/C31H33NO7/c1-16-12-11-13-17(2)23(16)32-27-22(29(36)39-31(6,7)8)20(28(35)38-30(3,4)5)21-24(33)18-14-9-10-15-19(18)25(34)26(21)37-27/h9-15,20,32H,1-8H3. The molecule has 1 atom stereocenters. The summed E-state index contributed by atoms with van der Waals surface area (Å²) in [7, 11) is 0. The molecule has 39 heavy (non-hydrogen) atoms. The number of rotatable bonds is 4. The number of para-hydroxylation sites is 1. The first kappa shape index (κ1) is 27.8. The van der Waals surface area contributed by atoms with Crippen LogP contribution in [0.4, 0.5) is 5.69 Å². The summed E-state index contributed by atoms with van der Waals surface area (Å²) in [6, 6.07) is 11.9. The number of Topliss-reactive ketones (excluding diaryl/α,β-unsaturated/α-hetero) is 2. The van der Waals surface area contributed by atoms with Crippen molar-refractivity contribution in [3.8, 4) is 0 Å². The van der Waals surface area contributed by atoms with E-state index in [-0.39, 0.29) is 33.9 Å². The van der Waals surface area contributed by atoms with Gasteiger partial charge < -0.3 is 19.5 Å². The van der Waals surface area contributed by atoms with Gasteiger partial charge in [-0.25, -0.2) is 4.79 Å². The van der Waals surface area contributed by atoms with Gasteiger partial charge in [-0.1, -0.05) is 42.5 Å². The van der Waals surface area contributed by atoms with Crippen LogP contribution in [0.5, 0.6) is 0 Å². The molecule has 1 heterocycles. The van der Waals surface area contributed by atoms with Gasteiger partial charge in [0.15, 0.2) is 11.5 Å². The van der Waals surface area contributed by atoms with Gasteiger partial charge in [0, 0.05) is 16.8 Å². The molecule has 0 fully saturated rings. The minimum Gasteiger partial charge on any atom is -0.459 e. The fourth-order valence-electron chi connectivity index (χ4n) is 4.53. The number of esters is 2. The molecule has 2 aromatic rings. The lowest BCUT2D eigenvalue weighted by molar-refractivity contribution is -0.161. The van der Waals surface area contributed by atoms with Crippen LogP contribution in [-0.2, 0) is 23.8 Å². The molecule has 8 nitrogen and oxygen atoms in total. The summed E-state index contributed by atoms with van der Waals surface area (Å²) in [4.78, 5) is 55.0. The van der Waals surface area contributed by atoms with Gasteiger partial charge in [0.1, 0.15) is 22.7 Å². The average Bonchev–Trinajstić information content (AvgIpc) is 2.81. The third-order valence-corrected chi connectivity index (χ3v) is 6.12. The number of ketones is 2. The maximum atomic E-state index is 13.8. The summed E-state index contributed by atoms with van der Waals surface area (Å²) >= 11 is 0. The molecule has 2 aromatic carbocycles. The summed E-state index contributed by atoms with van der Waals surface area (Å²) < 4.78 is 17.4. The van der Waals surface area contributed by atoms with Crippen LogP contribution in [0.15, 0.2) is 65.3 Å². The zero-order valence-electron chi connectivity index (χ0n) is 23.5. The normalized spacial score (nSPS) is 17.3. The van der Waals surface area contributed by atoms with Crippen molar-refractivity contribution in [2.45, 2.75) is 66.6 Å². The average molecular weight is 532 g/mol. The van der Waals surface area contributed by atoms with Crippen LogP contribution in [-0.4, -0.2) is 34.7 Å². The Kier molecular flexibility index (Phi) is 7.02. The summed E-state index contributed by atoms with van der Waals surface area (Å²) in [5.41, 5.74) is 0.177. The number of benzene rings is 2. The van der Waals surface area contributed by atoms with Gasteiger partial charge in [-0.2, -0.15) is 0 Å². The molecule has 1 N–H and O–H groups in total. The number of hydrogen-bond donors (Lipinski definition) is 1. The van der Waals surface area contributed by atoms with Crippen LogP contribution in [0.1, 0.15) is 73.4 Å². The summed E-state index contributed by atoms with van der Waals surface area (Å²) in [6.07, 6.45) is 0. The number of anilines is 1. The molecule has 0 radical (unpaired) electrons. The number of aryl methyl sites for hydroxylation is 2. The van der Waals surface area contributed by atoms with E-state index in [1.54, 1.807) is 53.7 Å². The summed E-state index contributed by atoms with van der Waals surface area (Å²) in [6.45, 7) is 13.8. The Bertz CT molecular complexity index is 1440. The lowest BCUT2D eigenvalue weighted by atomic mass is 9.77. The molecule has 1 unspecified atom stereocenters. The van der Waals surface area contributed by atoms with Crippen LogP contribution in [0.3, 0.4) is 0 Å². The first-order valence-corrected chi connectivity index (χ1v) is 12.7. The lowest BCUT2D eigenvalue weighted by Gasteiger charge is -2.34. The molecule has 0 bridgehead atoms. The highest BCUT2D eigenvalue weighted by Gasteiger charge is 2.50. The molecule has 0 saturated carbocycles. The Morgan fingerprint density at radius 1 is 0.795 bits per heavy atom. The Morgan fingerprint density at radius 2 is 1.33 bits per heavy atom. The Balaban J connectivity index is 1.99. The van der Waals surface area contributed by atoms with Gasteiger partial charge in [-0.3, -0.25) is 14.4 Å². The molecule has 0 aromatic heterocycles. The van der Waals surface area contributed by atoms with Gasteiger partial charge >= 0.3 is 11.9 Å². The predicted octanol–water partition coefficient (Wildman–Crippen LogP) is 5.59. The van der Waals surface area contributed by atoms with E-state index in [2.05, 4.69) is 5.32 Å². The smallest absolute Gasteiger partial charge is 0.341 e. The third kappa shape index (κ3) is 5.50. The van der Waals surface area contributed by atoms with Gasteiger partial charge in [-0.05, 0) is 66.5 Å². The van der Waals surface area contributed by atoms with Gasteiger partial charge in [-0.15, -0.1) is 0 Å². The third-order valence-electron chi connectivity index (χ3n) is 6.12. The number of nitrogens with one attached hydrogen (secondary N) is 1. The van der Waals surface area contributed by atoms with E-state index < -0.39 is 40.6 Å². The first-order chi connectivity index (χ1) is 18.1. The Labute approximate surface area is 228 Å². The molecule has 8 heteroatoms. The number of carbonyl (C=O) groups excluding carboxylic acids is 4. The summed E-state index contributed by atoms with van der Waals surface area (Å²) in [5.74, 6) is -4.98. The van der Waals surface area contributed by atoms with E-state index in [0.717, 1.165) is 11.1 Å². The zero-order chi connectivity index (χ0) is 28.9. The van der Waals surface area contributed by atoms with Crippen LogP contribution >= 0.6 is 0 Å². The molecule has 1 aliphatic heterocycles. The number of carbonyl (C=O) groups is 4. The van der Waals surface area contributed by atoms with E-state index in [9.17, 15) is 19.2 Å². The number of fused-ring (bicyclic) bond motifs is 1. The van der Waals surface area contributed by atoms with Crippen molar-refractivity contribution >= 4 is 29.2 Å². The van der Waals surface area contributed by atoms with Gasteiger partial charge in [0.25, 0.3) is 0 Å². The van der Waals surface area contributed by atoms with Crippen LogP contribution in [0, 0.1) is 19.8 Å². The van der Waals surface area contributed by atoms with Crippen LogP contribution in [0.2, 0.25) is 0 Å². The number of ether oxygens (including phenoxy) is 3. The van der Waals surface area contributed by atoms with Crippen LogP contribution < -0.4 is 5.32 Å². The van der Waals surface area contributed by atoms with Gasteiger partial charge in [0.05, 0.1) is 5.57 Å². The van der Waals surface area contributed by atoms with Gasteiger partial charge in [0.2, 0.25) is 11.7 Å². The fraction of sp³-hybridized carbons (Fsp3) is 0.355. The number of hydrogen-bond acceptors (Lipinski definition) is 8. The second-order valence-corrected chi connectivity index (χ2v) is 11.7. The van der Waals surface area contributed by atoms with E-state index >= 15 is 0 Å². The maximum absolute atomic E-state index is 13.8. The highest BCUT2D eigenvalue weighted by Crippen LogP contribution is 2.42. The Morgan fingerprint density at radius 3 is 1.87 bits per heavy atom. The second kappa shape index (κ2) is 9.84. The molecule has 0 saturated heterocycles. The zero-order valence-corrected chi connectivity index (χ0v) is 23.5. The van der Waals surface area contributed by atoms with E-state index in [1.807, 2.05) is 32.0 Å². The minimum absolute atomic E-state index is 0.119. The monoisotopic (exact) mass is 531 g/mol. The number of allylic oxidation sites excluding steroid dienone is 1. The van der Waals surface area contributed by atoms with Crippen molar-refractivity contribution < 1.29 is 33.4 Å². The maximum Gasteiger partial charge on any atom is 0.341 e. The van der Waals surface area contributed by atoms with E-state index in [1.165, 1.54) is 12.1 Å².